The van der Waals surface area contributed by atoms with Gasteiger partial charge in [0.15, 0.2) is 5.65 Å². The molecule has 1 aliphatic rings. The van der Waals surface area contributed by atoms with E-state index in [1.165, 1.54) is 0 Å². The second-order valence-electron chi connectivity index (χ2n) is 7.73. The molecule has 0 aliphatic carbocycles. The van der Waals surface area contributed by atoms with Crippen LogP contribution in [0, 0.1) is 5.92 Å². The summed E-state index contributed by atoms with van der Waals surface area (Å²) in [7, 11) is 1.77. The van der Waals surface area contributed by atoms with E-state index < -0.39 is 0 Å². The van der Waals surface area contributed by atoms with Crippen molar-refractivity contribution in [3.05, 3.63) is 47.2 Å². The number of rotatable bonds is 4. The standard InChI is InChI=1S/C22H23BrN6O/c1-30-13-14-6-8-28(9-7-14)22-19(23)20(24)29-21(27-22)17(12-26-29)16-10-15-4-2-3-5-18(15)25-11-16/h2-5,10-12,14H,6-9,13,24H2,1H3. The number of ether oxygens (including phenoxy) is 1. The number of anilines is 2. The fraction of sp³-hybridized carbons (Fsp3) is 0.318. The highest BCUT2D eigenvalue weighted by Gasteiger charge is 2.24. The lowest BCUT2D eigenvalue weighted by Crippen LogP contribution is -2.36. The van der Waals surface area contributed by atoms with Gasteiger partial charge < -0.3 is 15.4 Å². The number of benzene rings is 1. The highest BCUT2D eigenvalue weighted by molar-refractivity contribution is 9.10. The third kappa shape index (κ3) is 3.30. The zero-order valence-corrected chi connectivity index (χ0v) is 18.3. The van der Waals surface area contributed by atoms with E-state index in [1.54, 1.807) is 11.6 Å². The minimum atomic E-state index is 0.550. The molecule has 0 saturated carbocycles. The number of fused-ring (bicyclic) bond motifs is 2. The van der Waals surface area contributed by atoms with Gasteiger partial charge in [0.05, 0.1) is 11.7 Å². The fourth-order valence-corrected chi connectivity index (χ4v) is 4.67. The number of methoxy groups -OCH3 is 1. The van der Waals surface area contributed by atoms with Gasteiger partial charge in [-0.05, 0) is 46.8 Å². The van der Waals surface area contributed by atoms with Crippen molar-refractivity contribution in [2.24, 2.45) is 5.92 Å². The second kappa shape index (κ2) is 7.85. The number of nitrogens with two attached hydrogens (primary N) is 1. The van der Waals surface area contributed by atoms with E-state index in [9.17, 15) is 0 Å². The number of aromatic nitrogens is 4. The van der Waals surface area contributed by atoms with E-state index >= 15 is 0 Å². The van der Waals surface area contributed by atoms with Crippen LogP contribution in [-0.4, -0.2) is 46.4 Å². The molecule has 0 spiro atoms. The van der Waals surface area contributed by atoms with Crippen molar-refractivity contribution >= 4 is 44.1 Å². The predicted molar refractivity (Wildman–Crippen MR) is 123 cm³/mol. The summed E-state index contributed by atoms with van der Waals surface area (Å²) in [4.78, 5) is 11.9. The van der Waals surface area contributed by atoms with Crippen molar-refractivity contribution in [3.63, 3.8) is 0 Å². The number of para-hydroxylation sites is 1. The number of nitrogens with zero attached hydrogens (tertiary/aromatic N) is 5. The average Bonchev–Trinajstić information content (AvgIpc) is 3.21. The van der Waals surface area contributed by atoms with Crippen molar-refractivity contribution in [3.8, 4) is 11.1 Å². The van der Waals surface area contributed by atoms with Crippen LogP contribution in [0.4, 0.5) is 11.6 Å². The first-order valence-electron chi connectivity index (χ1n) is 10.1. The number of hydrogen-bond acceptors (Lipinski definition) is 6. The molecule has 1 aromatic carbocycles. The summed E-state index contributed by atoms with van der Waals surface area (Å²) >= 11 is 3.65. The van der Waals surface area contributed by atoms with Crippen LogP contribution in [0.1, 0.15) is 12.8 Å². The van der Waals surface area contributed by atoms with Gasteiger partial charge in [-0.15, -0.1) is 0 Å². The first kappa shape index (κ1) is 19.3. The van der Waals surface area contributed by atoms with Gasteiger partial charge in [-0.3, -0.25) is 4.98 Å². The lowest BCUT2D eigenvalue weighted by molar-refractivity contribution is 0.139. The lowest BCUT2D eigenvalue weighted by atomic mass is 9.98. The van der Waals surface area contributed by atoms with E-state index in [-0.39, 0.29) is 0 Å². The Morgan fingerprint density at radius 2 is 2.00 bits per heavy atom. The molecule has 1 aliphatic heterocycles. The number of hydrogen-bond donors (Lipinski definition) is 1. The van der Waals surface area contributed by atoms with Crippen LogP contribution in [0.5, 0.6) is 0 Å². The summed E-state index contributed by atoms with van der Waals surface area (Å²) in [6.45, 7) is 2.66. The zero-order chi connectivity index (χ0) is 20.7. The molecule has 4 aromatic rings. The SMILES string of the molecule is COCC1CCN(c2nc3c(-c4cnc5ccccc5c4)cnn3c(N)c2Br)CC1. The van der Waals surface area contributed by atoms with E-state index in [0.717, 1.165) is 70.5 Å². The number of piperidine rings is 1. The first-order chi connectivity index (χ1) is 14.7. The van der Waals surface area contributed by atoms with Gasteiger partial charge in [-0.1, -0.05) is 18.2 Å². The molecule has 1 fully saturated rings. The van der Waals surface area contributed by atoms with Gasteiger partial charge in [-0.25, -0.2) is 4.98 Å². The van der Waals surface area contributed by atoms with E-state index in [1.807, 2.05) is 30.6 Å². The maximum atomic E-state index is 6.43. The van der Waals surface area contributed by atoms with Crippen molar-refractivity contribution in [2.75, 3.05) is 37.4 Å². The number of pyridine rings is 1. The highest BCUT2D eigenvalue weighted by Crippen LogP contribution is 2.36. The molecule has 154 valence electrons. The van der Waals surface area contributed by atoms with Crippen LogP contribution in [0.3, 0.4) is 0 Å². The molecule has 5 rings (SSSR count). The monoisotopic (exact) mass is 466 g/mol. The number of halogens is 1. The topological polar surface area (TPSA) is 81.6 Å². The van der Waals surface area contributed by atoms with Crippen molar-refractivity contribution in [1.82, 2.24) is 19.6 Å². The summed E-state index contributed by atoms with van der Waals surface area (Å²) in [5, 5.41) is 5.58. The minimum Gasteiger partial charge on any atom is -0.384 e. The molecule has 2 N–H and O–H groups in total. The van der Waals surface area contributed by atoms with Crippen LogP contribution in [0.15, 0.2) is 47.2 Å². The van der Waals surface area contributed by atoms with Crippen LogP contribution < -0.4 is 10.6 Å². The Kier molecular flexibility index (Phi) is 5.04. The molecule has 0 bridgehead atoms. The third-order valence-electron chi connectivity index (χ3n) is 5.82. The third-order valence-corrected chi connectivity index (χ3v) is 6.58. The second-order valence-corrected chi connectivity index (χ2v) is 8.52. The fourth-order valence-electron chi connectivity index (χ4n) is 4.16. The Labute approximate surface area is 183 Å². The van der Waals surface area contributed by atoms with Gasteiger partial charge in [0.25, 0.3) is 0 Å². The molecule has 0 atom stereocenters. The van der Waals surface area contributed by atoms with E-state index in [2.05, 4.69) is 43.0 Å². The zero-order valence-electron chi connectivity index (χ0n) is 16.8. The molecule has 8 heteroatoms. The van der Waals surface area contributed by atoms with Gasteiger partial charge >= 0.3 is 0 Å². The molecular weight excluding hydrogens is 444 g/mol. The van der Waals surface area contributed by atoms with E-state index in [4.69, 9.17) is 15.5 Å². The van der Waals surface area contributed by atoms with Gasteiger partial charge in [-0.2, -0.15) is 9.61 Å². The quantitative estimate of drug-likeness (QED) is 0.486. The van der Waals surface area contributed by atoms with Crippen LogP contribution in [0.2, 0.25) is 0 Å². The van der Waals surface area contributed by atoms with Gasteiger partial charge in [0.1, 0.15) is 16.1 Å². The molecule has 4 heterocycles. The van der Waals surface area contributed by atoms with Gasteiger partial charge in [0, 0.05) is 49.5 Å². The normalized spacial score (nSPS) is 15.3. The molecule has 3 aromatic heterocycles. The largest absolute Gasteiger partial charge is 0.384 e. The summed E-state index contributed by atoms with van der Waals surface area (Å²) in [6, 6.07) is 10.2. The van der Waals surface area contributed by atoms with Gasteiger partial charge in [0.2, 0.25) is 0 Å². The van der Waals surface area contributed by atoms with Crippen LogP contribution in [-0.2, 0) is 4.74 Å². The Balaban J connectivity index is 1.56. The average molecular weight is 467 g/mol. The molecular formula is C22H23BrN6O. The van der Waals surface area contributed by atoms with E-state index in [0.29, 0.717) is 11.7 Å². The van der Waals surface area contributed by atoms with Crippen molar-refractivity contribution in [1.29, 1.82) is 0 Å². The Morgan fingerprint density at radius 3 is 2.80 bits per heavy atom. The summed E-state index contributed by atoms with van der Waals surface area (Å²) in [5.41, 5.74) is 10.0. The smallest absolute Gasteiger partial charge is 0.167 e. The highest BCUT2D eigenvalue weighted by atomic mass is 79.9. The Bertz CT molecular complexity index is 1220. The molecule has 7 nitrogen and oxygen atoms in total. The summed E-state index contributed by atoms with van der Waals surface area (Å²) in [6.07, 6.45) is 5.84. The predicted octanol–water partition coefficient (Wildman–Crippen LogP) is 4.15. The van der Waals surface area contributed by atoms with Crippen molar-refractivity contribution in [2.45, 2.75) is 12.8 Å². The minimum absolute atomic E-state index is 0.550. The lowest BCUT2D eigenvalue weighted by Gasteiger charge is -2.33. The maximum Gasteiger partial charge on any atom is 0.167 e. The first-order valence-corrected chi connectivity index (χ1v) is 10.9. The van der Waals surface area contributed by atoms with Crippen LogP contribution in [0.25, 0.3) is 27.7 Å². The maximum absolute atomic E-state index is 6.43. The van der Waals surface area contributed by atoms with Crippen molar-refractivity contribution < 1.29 is 4.74 Å². The summed E-state index contributed by atoms with van der Waals surface area (Å²) in [5.74, 6) is 2.01. The van der Waals surface area contributed by atoms with Crippen LogP contribution >= 0.6 is 15.9 Å². The molecule has 0 amide bonds. The summed E-state index contributed by atoms with van der Waals surface area (Å²) < 4.78 is 7.80. The Morgan fingerprint density at radius 1 is 1.20 bits per heavy atom. The Hall–Kier alpha value is -2.71. The molecule has 0 radical (unpaired) electrons. The molecule has 0 unspecified atom stereocenters. The number of nitrogen functional groups attached to an aromatic ring is 1. The molecule has 30 heavy (non-hydrogen) atoms. The molecule has 1 saturated heterocycles.